The van der Waals surface area contributed by atoms with E-state index < -0.39 is 43.7 Å². The molecular weight excluding hydrogens is 370 g/mol. The summed E-state index contributed by atoms with van der Waals surface area (Å²) in [5.41, 5.74) is -1.43. The SMILES string of the molecule is Cn1nc(C(F)(F)F)cc1S(=O)(=O)C(C)(F)C1CCN(C(=O)O)CC1. The minimum atomic E-state index is -4.86. The largest absolute Gasteiger partial charge is 0.465 e. The fourth-order valence-electron chi connectivity index (χ4n) is 2.85. The molecule has 1 aromatic rings. The van der Waals surface area contributed by atoms with Crippen LogP contribution in [0.5, 0.6) is 0 Å². The quantitative estimate of drug-likeness (QED) is 0.804. The Kier molecular flexibility index (Phi) is 4.79. The predicted molar refractivity (Wildman–Crippen MR) is 77.2 cm³/mol. The molecule has 1 unspecified atom stereocenters. The van der Waals surface area contributed by atoms with Crippen molar-refractivity contribution in [3.63, 3.8) is 0 Å². The maximum absolute atomic E-state index is 15.2. The van der Waals surface area contributed by atoms with E-state index in [1.54, 1.807) is 0 Å². The van der Waals surface area contributed by atoms with Crippen LogP contribution in [0.4, 0.5) is 22.4 Å². The molecule has 1 aliphatic rings. The molecule has 1 aliphatic heterocycles. The lowest BCUT2D eigenvalue weighted by Crippen LogP contribution is -2.47. The normalized spacial score (nSPS) is 19.7. The van der Waals surface area contributed by atoms with Crippen LogP contribution in [0.15, 0.2) is 11.1 Å². The monoisotopic (exact) mass is 387 g/mol. The molecule has 0 spiro atoms. The van der Waals surface area contributed by atoms with E-state index in [-0.39, 0.29) is 25.9 Å². The highest BCUT2D eigenvalue weighted by Gasteiger charge is 2.50. The van der Waals surface area contributed by atoms with Crippen LogP contribution in [-0.2, 0) is 23.1 Å². The Bertz CT molecular complexity index is 765. The van der Waals surface area contributed by atoms with E-state index in [2.05, 4.69) is 5.10 Å². The molecule has 12 heteroatoms. The standard InChI is InChI=1S/C13H17F4N3O4S/c1-12(14,8-3-5-20(6-4-8)11(21)22)25(23,24)10-7-9(13(15,16)17)18-19(10)2/h7-8H,3-6H2,1-2H3,(H,21,22). The lowest BCUT2D eigenvalue weighted by Gasteiger charge is -2.36. The molecule has 0 radical (unpaired) electrons. The van der Waals surface area contributed by atoms with E-state index in [9.17, 15) is 26.4 Å². The second-order valence-electron chi connectivity index (χ2n) is 6.02. The maximum Gasteiger partial charge on any atom is 0.435 e. The fraction of sp³-hybridized carbons (Fsp3) is 0.692. The number of carbonyl (C=O) groups is 1. The molecule has 0 saturated carbocycles. The number of hydrogen-bond acceptors (Lipinski definition) is 4. The van der Waals surface area contributed by atoms with E-state index in [1.165, 1.54) is 0 Å². The number of rotatable bonds is 3. The van der Waals surface area contributed by atoms with Crippen LogP contribution in [0, 0.1) is 5.92 Å². The summed E-state index contributed by atoms with van der Waals surface area (Å²) >= 11 is 0. The first-order chi connectivity index (χ1) is 11.3. The van der Waals surface area contributed by atoms with Crippen LogP contribution in [0.1, 0.15) is 25.5 Å². The summed E-state index contributed by atoms with van der Waals surface area (Å²) in [7, 11) is -3.79. The third-order valence-electron chi connectivity index (χ3n) is 4.42. The molecule has 0 aromatic carbocycles. The Morgan fingerprint density at radius 2 is 1.80 bits per heavy atom. The third-order valence-corrected chi connectivity index (χ3v) is 6.74. The number of alkyl halides is 4. The number of aryl methyl sites for hydroxylation is 1. The summed E-state index contributed by atoms with van der Waals surface area (Å²) in [4.78, 5) is 11.9. The third kappa shape index (κ3) is 3.44. The molecule has 1 saturated heterocycles. The molecule has 0 bridgehead atoms. The second-order valence-corrected chi connectivity index (χ2v) is 8.25. The van der Waals surface area contributed by atoms with Crippen molar-refractivity contribution >= 4 is 15.9 Å². The second kappa shape index (κ2) is 6.15. The number of nitrogens with zero attached hydrogens (tertiary/aromatic N) is 3. The zero-order valence-electron chi connectivity index (χ0n) is 13.4. The van der Waals surface area contributed by atoms with E-state index in [4.69, 9.17) is 5.11 Å². The smallest absolute Gasteiger partial charge is 0.435 e. The Morgan fingerprint density at radius 3 is 2.20 bits per heavy atom. The van der Waals surface area contributed by atoms with Gasteiger partial charge in [0.1, 0.15) is 0 Å². The van der Waals surface area contributed by atoms with Gasteiger partial charge in [-0.1, -0.05) is 0 Å². The van der Waals surface area contributed by atoms with Gasteiger partial charge in [0.05, 0.1) is 0 Å². The molecule has 1 fully saturated rings. The van der Waals surface area contributed by atoms with Gasteiger partial charge in [0, 0.05) is 32.1 Å². The minimum absolute atomic E-state index is 0.0474. The first-order valence-electron chi connectivity index (χ1n) is 7.31. The van der Waals surface area contributed by atoms with Crippen molar-refractivity contribution in [3.8, 4) is 0 Å². The van der Waals surface area contributed by atoms with E-state index in [0.29, 0.717) is 10.7 Å². The summed E-state index contributed by atoms with van der Waals surface area (Å²) in [5.74, 6) is -1.04. The molecule has 1 N–H and O–H groups in total. The van der Waals surface area contributed by atoms with Gasteiger partial charge in [0.15, 0.2) is 10.7 Å². The van der Waals surface area contributed by atoms with Gasteiger partial charge >= 0.3 is 12.3 Å². The Hall–Kier alpha value is -1.85. The predicted octanol–water partition coefficient (Wildman–Crippen LogP) is 2.29. The number of sulfone groups is 1. The fourth-order valence-corrected chi connectivity index (χ4v) is 4.59. The van der Waals surface area contributed by atoms with Crippen molar-refractivity contribution in [2.45, 2.75) is 36.0 Å². The number of aromatic nitrogens is 2. The average molecular weight is 387 g/mol. The first kappa shape index (κ1) is 19.5. The van der Waals surface area contributed by atoms with Crippen molar-refractivity contribution in [1.82, 2.24) is 14.7 Å². The van der Waals surface area contributed by atoms with Gasteiger partial charge in [-0.15, -0.1) is 0 Å². The molecule has 7 nitrogen and oxygen atoms in total. The average Bonchev–Trinajstić information content (AvgIpc) is 2.90. The highest BCUT2D eigenvalue weighted by atomic mass is 32.2. The first-order valence-corrected chi connectivity index (χ1v) is 8.79. The molecule has 1 atom stereocenters. The van der Waals surface area contributed by atoms with Crippen molar-refractivity contribution in [2.75, 3.05) is 13.1 Å². The zero-order valence-corrected chi connectivity index (χ0v) is 14.2. The molecular formula is C13H17F4N3O4S. The molecule has 142 valence electrons. The van der Waals surface area contributed by atoms with Crippen molar-refractivity contribution in [1.29, 1.82) is 0 Å². The summed E-state index contributed by atoms with van der Waals surface area (Å²) in [6, 6.07) is 0.305. The number of halogens is 4. The van der Waals surface area contributed by atoms with Gasteiger partial charge in [-0.2, -0.15) is 18.3 Å². The molecule has 1 amide bonds. The number of likely N-dealkylation sites (tertiary alicyclic amines) is 1. The lowest BCUT2D eigenvalue weighted by atomic mass is 9.92. The highest BCUT2D eigenvalue weighted by molar-refractivity contribution is 7.92. The summed E-state index contributed by atoms with van der Waals surface area (Å²) < 4.78 is 79.0. The Labute approximate surface area is 141 Å². The van der Waals surface area contributed by atoms with Gasteiger partial charge in [0.25, 0.3) is 0 Å². The maximum atomic E-state index is 15.2. The van der Waals surface area contributed by atoms with Gasteiger partial charge in [-0.3, -0.25) is 4.68 Å². The Morgan fingerprint density at radius 1 is 1.28 bits per heavy atom. The summed E-state index contributed by atoms with van der Waals surface area (Å²) in [6.07, 6.45) is -6.15. The van der Waals surface area contributed by atoms with Crippen LogP contribution < -0.4 is 0 Å². The number of piperidine rings is 1. The number of amides is 1. The minimum Gasteiger partial charge on any atom is -0.465 e. The molecule has 1 aromatic heterocycles. The summed E-state index contributed by atoms with van der Waals surface area (Å²) in [5, 5.41) is 8.26. The van der Waals surface area contributed by atoms with E-state index in [0.717, 1.165) is 18.9 Å². The molecule has 2 heterocycles. The Balaban J connectivity index is 2.32. The van der Waals surface area contributed by atoms with Crippen LogP contribution in [0.25, 0.3) is 0 Å². The molecule has 2 rings (SSSR count). The van der Waals surface area contributed by atoms with E-state index >= 15 is 4.39 Å². The zero-order chi connectivity index (χ0) is 19.2. The molecule has 0 aliphatic carbocycles. The van der Waals surface area contributed by atoms with Crippen molar-refractivity contribution in [3.05, 3.63) is 11.8 Å². The number of hydrogen-bond donors (Lipinski definition) is 1. The van der Waals surface area contributed by atoms with E-state index in [1.807, 2.05) is 0 Å². The van der Waals surface area contributed by atoms with Crippen LogP contribution in [0.2, 0.25) is 0 Å². The topological polar surface area (TPSA) is 92.5 Å². The summed E-state index contributed by atoms with van der Waals surface area (Å²) in [6.45, 7) is 0.701. The van der Waals surface area contributed by atoms with Gasteiger partial charge in [-0.05, 0) is 19.8 Å². The molecule has 25 heavy (non-hydrogen) atoms. The van der Waals surface area contributed by atoms with Gasteiger partial charge < -0.3 is 10.0 Å². The van der Waals surface area contributed by atoms with Crippen molar-refractivity contribution in [2.24, 2.45) is 13.0 Å². The van der Waals surface area contributed by atoms with Gasteiger partial charge in [-0.25, -0.2) is 17.6 Å². The van der Waals surface area contributed by atoms with Crippen molar-refractivity contribution < 1.29 is 35.9 Å². The van der Waals surface area contributed by atoms with Crippen LogP contribution >= 0.6 is 0 Å². The number of carboxylic acid groups (broad SMARTS) is 1. The van der Waals surface area contributed by atoms with Crippen LogP contribution in [-0.4, -0.2) is 52.4 Å². The van der Waals surface area contributed by atoms with Crippen LogP contribution in [0.3, 0.4) is 0 Å². The highest BCUT2D eigenvalue weighted by Crippen LogP contribution is 2.40. The van der Waals surface area contributed by atoms with Gasteiger partial charge in [0.2, 0.25) is 14.8 Å². The lowest BCUT2D eigenvalue weighted by molar-refractivity contribution is -0.141.